The summed E-state index contributed by atoms with van der Waals surface area (Å²) in [5, 5.41) is -0.200. The lowest BCUT2D eigenvalue weighted by molar-refractivity contribution is 0.592. The van der Waals surface area contributed by atoms with Crippen LogP contribution in [0.15, 0.2) is 28.4 Å². The van der Waals surface area contributed by atoms with Crippen LogP contribution in [-0.2, 0) is 23.3 Å². The Morgan fingerprint density at radius 3 is 2.55 bits per heavy atom. The molecular formula is C15H19N3O3S. The molecule has 0 amide bonds. The molecule has 6 nitrogen and oxygen atoms in total. The lowest BCUT2D eigenvalue weighted by Crippen LogP contribution is -2.19. The van der Waals surface area contributed by atoms with Crippen molar-refractivity contribution in [2.24, 2.45) is 7.05 Å². The van der Waals surface area contributed by atoms with Crippen LogP contribution in [0.25, 0.3) is 11.3 Å². The van der Waals surface area contributed by atoms with Gasteiger partial charge in [-0.3, -0.25) is 4.79 Å². The molecule has 0 aliphatic heterocycles. The number of aryl methyl sites for hydroxylation is 3. The van der Waals surface area contributed by atoms with Gasteiger partial charge in [0.2, 0.25) is 15.0 Å². The summed E-state index contributed by atoms with van der Waals surface area (Å²) in [7, 11) is -1.82. The van der Waals surface area contributed by atoms with Crippen LogP contribution in [0.3, 0.4) is 0 Å². The maximum atomic E-state index is 11.8. The first-order valence-corrected chi connectivity index (χ1v) is 8.86. The second kappa shape index (κ2) is 6.00. The van der Waals surface area contributed by atoms with E-state index in [2.05, 4.69) is 9.97 Å². The molecule has 118 valence electrons. The van der Waals surface area contributed by atoms with Crippen molar-refractivity contribution in [3.8, 4) is 11.3 Å². The van der Waals surface area contributed by atoms with Crippen molar-refractivity contribution in [2.45, 2.75) is 31.8 Å². The highest BCUT2D eigenvalue weighted by Gasteiger charge is 2.16. The van der Waals surface area contributed by atoms with Crippen LogP contribution in [-0.4, -0.2) is 29.2 Å². The molecule has 2 heterocycles. The van der Waals surface area contributed by atoms with Crippen LogP contribution in [0.2, 0.25) is 0 Å². The highest BCUT2D eigenvalue weighted by molar-refractivity contribution is 7.90. The predicted octanol–water partition coefficient (Wildman–Crippen LogP) is 1.51. The number of nitrogens with zero attached hydrogens (tertiary/aromatic N) is 3. The maximum Gasteiger partial charge on any atom is 0.253 e. The van der Waals surface area contributed by atoms with Gasteiger partial charge in [0.1, 0.15) is 0 Å². The molecule has 0 unspecified atom stereocenters. The summed E-state index contributed by atoms with van der Waals surface area (Å²) in [6.45, 7) is 3.75. The summed E-state index contributed by atoms with van der Waals surface area (Å²) in [5.41, 5.74) is 2.65. The second-order valence-corrected chi connectivity index (χ2v) is 7.29. The summed E-state index contributed by atoms with van der Waals surface area (Å²) in [6, 6.07) is 1.73. The van der Waals surface area contributed by atoms with E-state index in [9.17, 15) is 13.2 Å². The molecule has 0 bridgehead atoms. The zero-order valence-electron chi connectivity index (χ0n) is 13.1. The van der Waals surface area contributed by atoms with Gasteiger partial charge < -0.3 is 4.57 Å². The molecule has 0 saturated carbocycles. The SMILES string of the molecule is CCCc1cnc(S(C)(=O)=O)nc1-c1cc(C)c(=O)n(C)c1. The van der Waals surface area contributed by atoms with Crippen LogP contribution in [0.5, 0.6) is 0 Å². The third-order valence-corrected chi connectivity index (χ3v) is 4.19. The van der Waals surface area contributed by atoms with Gasteiger partial charge in [0.15, 0.2) is 0 Å². The van der Waals surface area contributed by atoms with Crippen molar-refractivity contribution in [2.75, 3.05) is 6.26 Å². The van der Waals surface area contributed by atoms with Crippen molar-refractivity contribution >= 4 is 9.84 Å². The molecule has 0 atom stereocenters. The summed E-state index contributed by atoms with van der Waals surface area (Å²) in [5.74, 6) is 0. The number of aromatic nitrogens is 3. The summed E-state index contributed by atoms with van der Waals surface area (Å²) >= 11 is 0. The van der Waals surface area contributed by atoms with Crippen LogP contribution in [0.4, 0.5) is 0 Å². The number of pyridine rings is 1. The average Bonchev–Trinajstić information content (AvgIpc) is 2.44. The standard InChI is InChI=1S/C15H19N3O3S/c1-5-6-11-8-16-15(22(4,20)21)17-13(11)12-7-10(2)14(19)18(3)9-12/h7-9H,5-6H2,1-4H3. The molecule has 2 aromatic heterocycles. The van der Waals surface area contributed by atoms with Crippen LogP contribution >= 0.6 is 0 Å². The topological polar surface area (TPSA) is 81.9 Å². The lowest BCUT2D eigenvalue weighted by Gasteiger charge is -2.11. The Morgan fingerprint density at radius 1 is 1.32 bits per heavy atom. The molecule has 0 saturated heterocycles. The normalized spacial score (nSPS) is 11.6. The third kappa shape index (κ3) is 3.24. The van der Waals surface area contributed by atoms with Gasteiger partial charge in [-0.05, 0) is 25.0 Å². The van der Waals surface area contributed by atoms with Crippen LogP contribution in [0.1, 0.15) is 24.5 Å². The first kappa shape index (κ1) is 16.4. The first-order valence-electron chi connectivity index (χ1n) is 6.97. The van der Waals surface area contributed by atoms with Crippen molar-refractivity contribution in [3.05, 3.63) is 39.9 Å². The van der Waals surface area contributed by atoms with E-state index in [1.54, 1.807) is 32.4 Å². The van der Waals surface area contributed by atoms with E-state index in [0.29, 0.717) is 11.3 Å². The van der Waals surface area contributed by atoms with E-state index in [1.165, 1.54) is 4.57 Å². The molecule has 2 aromatic rings. The molecule has 7 heteroatoms. The molecule has 0 aromatic carbocycles. The van der Waals surface area contributed by atoms with Crippen molar-refractivity contribution in [3.63, 3.8) is 0 Å². The van der Waals surface area contributed by atoms with E-state index in [0.717, 1.165) is 30.2 Å². The minimum atomic E-state index is -3.48. The Kier molecular flexibility index (Phi) is 4.46. The summed E-state index contributed by atoms with van der Waals surface area (Å²) in [6.07, 6.45) is 5.93. The minimum absolute atomic E-state index is 0.0850. The minimum Gasteiger partial charge on any atom is -0.318 e. The zero-order chi connectivity index (χ0) is 16.5. The summed E-state index contributed by atoms with van der Waals surface area (Å²) in [4.78, 5) is 20.0. The maximum absolute atomic E-state index is 11.8. The fourth-order valence-corrected chi connectivity index (χ4v) is 2.78. The van der Waals surface area contributed by atoms with E-state index in [1.807, 2.05) is 6.92 Å². The second-order valence-electron chi connectivity index (χ2n) is 5.38. The van der Waals surface area contributed by atoms with Gasteiger partial charge in [0.25, 0.3) is 5.56 Å². The average molecular weight is 321 g/mol. The Morgan fingerprint density at radius 2 is 2.00 bits per heavy atom. The molecule has 2 rings (SSSR count). The predicted molar refractivity (Wildman–Crippen MR) is 84.6 cm³/mol. The number of sulfone groups is 1. The fraction of sp³-hybridized carbons (Fsp3) is 0.400. The molecule has 0 spiro atoms. The third-order valence-electron chi connectivity index (χ3n) is 3.33. The van der Waals surface area contributed by atoms with Gasteiger partial charge in [-0.15, -0.1) is 0 Å². The van der Waals surface area contributed by atoms with Crippen molar-refractivity contribution in [1.29, 1.82) is 0 Å². The van der Waals surface area contributed by atoms with Gasteiger partial charge in [-0.2, -0.15) is 0 Å². The highest BCUT2D eigenvalue weighted by atomic mass is 32.2. The molecule has 22 heavy (non-hydrogen) atoms. The lowest BCUT2D eigenvalue weighted by atomic mass is 10.0. The van der Waals surface area contributed by atoms with Crippen molar-refractivity contribution < 1.29 is 8.42 Å². The molecule has 0 aliphatic rings. The first-order chi connectivity index (χ1) is 10.2. The van der Waals surface area contributed by atoms with Gasteiger partial charge >= 0.3 is 0 Å². The Bertz CT molecular complexity index is 844. The van der Waals surface area contributed by atoms with Crippen LogP contribution in [0, 0.1) is 6.92 Å². The van der Waals surface area contributed by atoms with E-state index in [-0.39, 0.29) is 10.7 Å². The number of hydrogen-bond acceptors (Lipinski definition) is 5. The summed E-state index contributed by atoms with van der Waals surface area (Å²) < 4.78 is 24.9. The van der Waals surface area contributed by atoms with E-state index >= 15 is 0 Å². The largest absolute Gasteiger partial charge is 0.318 e. The Hall–Kier alpha value is -2.02. The van der Waals surface area contributed by atoms with Gasteiger partial charge in [0.05, 0.1) is 5.69 Å². The monoisotopic (exact) mass is 321 g/mol. The molecule has 0 fully saturated rings. The smallest absolute Gasteiger partial charge is 0.253 e. The highest BCUT2D eigenvalue weighted by Crippen LogP contribution is 2.23. The van der Waals surface area contributed by atoms with Crippen LogP contribution < -0.4 is 5.56 Å². The van der Waals surface area contributed by atoms with Gasteiger partial charge in [-0.1, -0.05) is 13.3 Å². The molecule has 0 aliphatic carbocycles. The molecule has 0 N–H and O–H groups in total. The van der Waals surface area contributed by atoms with E-state index < -0.39 is 9.84 Å². The Balaban J connectivity index is 2.73. The quantitative estimate of drug-likeness (QED) is 0.797. The Labute approximate surface area is 129 Å². The number of rotatable bonds is 4. The van der Waals surface area contributed by atoms with Crippen molar-refractivity contribution in [1.82, 2.24) is 14.5 Å². The molecular weight excluding hydrogens is 302 g/mol. The number of hydrogen-bond donors (Lipinski definition) is 0. The van der Waals surface area contributed by atoms with Gasteiger partial charge in [0, 0.05) is 36.8 Å². The zero-order valence-corrected chi connectivity index (χ0v) is 13.9. The fourth-order valence-electron chi connectivity index (χ4n) is 2.28. The molecule has 0 radical (unpaired) electrons. The van der Waals surface area contributed by atoms with Gasteiger partial charge in [-0.25, -0.2) is 18.4 Å². The van der Waals surface area contributed by atoms with E-state index in [4.69, 9.17) is 0 Å².